The first-order valence-corrected chi connectivity index (χ1v) is 8.43. The lowest BCUT2D eigenvalue weighted by Gasteiger charge is -2.29. The molecule has 0 radical (unpaired) electrons. The molecule has 0 unspecified atom stereocenters. The molecule has 25 heavy (non-hydrogen) atoms. The molecule has 0 aromatic heterocycles. The second-order valence-electron chi connectivity index (χ2n) is 5.77. The molecule has 5 heteroatoms. The highest BCUT2D eigenvalue weighted by molar-refractivity contribution is 6.31. The van der Waals surface area contributed by atoms with Gasteiger partial charge in [0.05, 0.1) is 12.2 Å². The molecule has 0 N–H and O–H groups in total. The predicted octanol–water partition coefficient (Wildman–Crippen LogP) is 4.30. The Morgan fingerprint density at radius 3 is 2.84 bits per heavy atom. The summed E-state index contributed by atoms with van der Waals surface area (Å²) in [5, 5.41) is 2.75. The quantitative estimate of drug-likeness (QED) is 0.702. The third kappa shape index (κ3) is 3.13. The van der Waals surface area contributed by atoms with Crippen LogP contribution in [-0.2, 0) is 4.79 Å². The van der Waals surface area contributed by atoms with Crippen molar-refractivity contribution >= 4 is 34.0 Å². The van der Waals surface area contributed by atoms with Crippen LogP contribution < -0.4 is 14.4 Å². The average molecular weight is 354 g/mol. The highest BCUT2D eigenvalue weighted by Gasteiger charge is 2.25. The van der Waals surface area contributed by atoms with Gasteiger partial charge in [0.25, 0.3) is 5.91 Å². The third-order valence-electron chi connectivity index (χ3n) is 4.19. The summed E-state index contributed by atoms with van der Waals surface area (Å²) in [6.07, 6.45) is 0. The van der Waals surface area contributed by atoms with E-state index in [1.165, 1.54) is 0 Å². The zero-order chi connectivity index (χ0) is 17.2. The average Bonchev–Trinajstić information content (AvgIpc) is 2.64. The van der Waals surface area contributed by atoms with Gasteiger partial charge < -0.3 is 14.4 Å². The van der Waals surface area contributed by atoms with Crippen molar-refractivity contribution in [1.82, 2.24) is 0 Å². The van der Waals surface area contributed by atoms with Crippen LogP contribution in [0, 0.1) is 0 Å². The molecular weight excluding hydrogens is 338 g/mol. The Hall–Kier alpha value is -2.72. The summed E-state index contributed by atoms with van der Waals surface area (Å²) in [5.41, 5.74) is 0.685. The van der Waals surface area contributed by atoms with Gasteiger partial charge in [-0.3, -0.25) is 4.79 Å². The van der Waals surface area contributed by atoms with Crippen LogP contribution in [0.4, 0.5) is 5.69 Å². The Balaban J connectivity index is 1.52. The van der Waals surface area contributed by atoms with E-state index in [-0.39, 0.29) is 12.5 Å². The largest absolute Gasteiger partial charge is 0.491 e. The van der Waals surface area contributed by atoms with Gasteiger partial charge >= 0.3 is 0 Å². The molecule has 1 heterocycles. The number of carbonyl (C=O) groups excluding carboxylic acids is 1. The van der Waals surface area contributed by atoms with Gasteiger partial charge in [0.15, 0.2) is 6.61 Å². The topological polar surface area (TPSA) is 38.8 Å². The van der Waals surface area contributed by atoms with Crippen LogP contribution in [0.15, 0.2) is 60.7 Å². The molecule has 4 nitrogen and oxygen atoms in total. The van der Waals surface area contributed by atoms with Crippen LogP contribution in [0.2, 0.25) is 5.02 Å². The standard InChI is InChI=1S/C20H16ClNO3/c21-15-8-9-19-17(12-15)22(20(23)13-25-19)10-11-24-18-7-3-5-14-4-1-2-6-16(14)18/h1-9,12H,10-11,13H2. The van der Waals surface area contributed by atoms with Gasteiger partial charge in [-0.05, 0) is 29.7 Å². The summed E-state index contributed by atoms with van der Waals surface area (Å²) < 4.78 is 11.4. The number of nitrogens with zero attached hydrogens (tertiary/aromatic N) is 1. The number of fused-ring (bicyclic) bond motifs is 2. The zero-order valence-corrected chi connectivity index (χ0v) is 14.2. The predicted molar refractivity (Wildman–Crippen MR) is 98.7 cm³/mol. The molecule has 0 saturated carbocycles. The fourth-order valence-corrected chi connectivity index (χ4v) is 3.16. The van der Waals surface area contributed by atoms with Gasteiger partial charge in [0.2, 0.25) is 0 Å². The maximum Gasteiger partial charge on any atom is 0.265 e. The van der Waals surface area contributed by atoms with Crippen LogP contribution in [0.1, 0.15) is 0 Å². The Morgan fingerprint density at radius 2 is 1.92 bits per heavy atom. The summed E-state index contributed by atoms with van der Waals surface area (Å²) in [4.78, 5) is 13.9. The Labute approximate surface area is 150 Å². The van der Waals surface area contributed by atoms with Crippen molar-refractivity contribution in [2.45, 2.75) is 0 Å². The van der Waals surface area contributed by atoms with Crippen molar-refractivity contribution in [3.05, 3.63) is 65.7 Å². The number of hydrogen-bond acceptors (Lipinski definition) is 3. The van der Waals surface area contributed by atoms with Gasteiger partial charge in [-0.25, -0.2) is 0 Å². The molecule has 126 valence electrons. The minimum absolute atomic E-state index is 0.0307. The van der Waals surface area contributed by atoms with Crippen LogP contribution in [0.5, 0.6) is 11.5 Å². The fraction of sp³-hybridized carbons (Fsp3) is 0.150. The van der Waals surface area contributed by atoms with Gasteiger partial charge in [-0.2, -0.15) is 0 Å². The first-order valence-electron chi connectivity index (χ1n) is 8.06. The monoisotopic (exact) mass is 353 g/mol. The van der Waals surface area contributed by atoms with Crippen molar-refractivity contribution < 1.29 is 14.3 Å². The van der Waals surface area contributed by atoms with Crippen molar-refractivity contribution in [3.63, 3.8) is 0 Å². The Bertz CT molecular complexity index is 936. The molecule has 0 atom stereocenters. The van der Waals surface area contributed by atoms with Crippen molar-refractivity contribution in [3.8, 4) is 11.5 Å². The van der Waals surface area contributed by atoms with Crippen molar-refractivity contribution in [2.75, 3.05) is 24.7 Å². The van der Waals surface area contributed by atoms with E-state index in [4.69, 9.17) is 21.1 Å². The molecule has 0 fully saturated rings. The molecule has 1 aliphatic heterocycles. The number of carbonyl (C=O) groups is 1. The highest BCUT2D eigenvalue weighted by Crippen LogP contribution is 2.34. The summed E-state index contributed by atoms with van der Waals surface area (Å²) in [5.74, 6) is 1.37. The van der Waals surface area contributed by atoms with E-state index in [0.29, 0.717) is 29.6 Å². The number of halogens is 1. The van der Waals surface area contributed by atoms with E-state index < -0.39 is 0 Å². The maximum absolute atomic E-state index is 12.2. The number of ether oxygens (including phenoxy) is 2. The molecule has 4 rings (SSSR count). The van der Waals surface area contributed by atoms with E-state index in [2.05, 4.69) is 0 Å². The molecule has 0 saturated heterocycles. The van der Waals surface area contributed by atoms with E-state index >= 15 is 0 Å². The van der Waals surface area contributed by atoms with Gasteiger partial charge in [-0.1, -0.05) is 48.0 Å². The fourth-order valence-electron chi connectivity index (χ4n) is 2.99. The number of hydrogen-bond donors (Lipinski definition) is 0. The van der Waals surface area contributed by atoms with Crippen LogP contribution in [0.3, 0.4) is 0 Å². The van der Waals surface area contributed by atoms with Crippen LogP contribution >= 0.6 is 11.6 Å². The maximum atomic E-state index is 12.2. The molecule has 1 aliphatic rings. The lowest BCUT2D eigenvalue weighted by molar-refractivity contribution is -0.121. The number of amides is 1. The first-order chi connectivity index (χ1) is 12.2. The van der Waals surface area contributed by atoms with Gasteiger partial charge in [0, 0.05) is 10.4 Å². The van der Waals surface area contributed by atoms with E-state index in [1.807, 2.05) is 42.5 Å². The summed E-state index contributed by atoms with van der Waals surface area (Å²) in [6, 6.07) is 19.3. The van der Waals surface area contributed by atoms with E-state index in [1.54, 1.807) is 23.1 Å². The third-order valence-corrected chi connectivity index (χ3v) is 4.42. The SMILES string of the molecule is O=C1COc2ccc(Cl)cc2N1CCOc1cccc2ccccc12. The molecule has 0 aliphatic carbocycles. The van der Waals surface area contributed by atoms with E-state index in [0.717, 1.165) is 16.5 Å². The highest BCUT2D eigenvalue weighted by atomic mass is 35.5. The zero-order valence-electron chi connectivity index (χ0n) is 13.4. The molecule has 3 aromatic rings. The molecule has 0 spiro atoms. The molecule has 1 amide bonds. The summed E-state index contributed by atoms with van der Waals surface area (Å²) >= 11 is 6.06. The van der Waals surface area contributed by atoms with Gasteiger partial charge in [-0.15, -0.1) is 0 Å². The Morgan fingerprint density at radius 1 is 1.08 bits per heavy atom. The normalized spacial score (nSPS) is 13.5. The van der Waals surface area contributed by atoms with Crippen LogP contribution in [0.25, 0.3) is 10.8 Å². The first kappa shape index (κ1) is 15.8. The number of anilines is 1. The van der Waals surface area contributed by atoms with Crippen molar-refractivity contribution in [2.24, 2.45) is 0 Å². The van der Waals surface area contributed by atoms with Gasteiger partial charge in [0.1, 0.15) is 18.1 Å². The molecular formula is C20H16ClNO3. The molecule has 3 aromatic carbocycles. The second kappa shape index (κ2) is 6.65. The lowest BCUT2D eigenvalue weighted by atomic mass is 10.1. The summed E-state index contributed by atoms with van der Waals surface area (Å²) in [6.45, 7) is 0.841. The number of benzene rings is 3. The summed E-state index contributed by atoms with van der Waals surface area (Å²) in [7, 11) is 0. The smallest absolute Gasteiger partial charge is 0.265 e. The minimum atomic E-state index is -0.101. The number of rotatable bonds is 4. The van der Waals surface area contributed by atoms with Crippen LogP contribution in [-0.4, -0.2) is 25.7 Å². The molecule has 0 bridgehead atoms. The van der Waals surface area contributed by atoms with E-state index in [9.17, 15) is 4.79 Å². The Kier molecular flexibility index (Phi) is 4.20. The second-order valence-corrected chi connectivity index (χ2v) is 6.21. The van der Waals surface area contributed by atoms with Crippen molar-refractivity contribution in [1.29, 1.82) is 0 Å². The minimum Gasteiger partial charge on any atom is -0.491 e. The lowest BCUT2D eigenvalue weighted by Crippen LogP contribution is -2.41.